The first-order valence-electron chi connectivity index (χ1n) is 6.21. The molecule has 94 valence electrons. The lowest BCUT2D eigenvalue weighted by atomic mass is 10.1. The van der Waals surface area contributed by atoms with Gasteiger partial charge in [0, 0.05) is 25.8 Å². The summed E-state index contributed by atoms with van der Waals surface area (Å²) >= 11 is 0. The molecule has 0 saturated carbocycles. The lowest BCUT2D eigenvalue weighted by molar-refractivity contribution is 0.0765. The van der Waals surface area contributed by atoms with E-state index in [0.29, 0.717) is 0 Å². The summed E-state index contributed by atoms with van der Waals surface area (Å²) in [5.41, 5.74) is 2.78. The van der Waals surface area contributed by atoms with Crippen LogP contribution in [-0.4, -0.2) is 30.9 Å². The Hall–Kier alpha value is -1.51. The molecule has 0 aliphatic carbocycles. The Morgan fingerprint density at radius 2 is 2.06 bits per heavy atom. The highest BCUT2D eigenvalue weighted by molar-refractivity contribution is 5.99. The number of amides is 1. The van der Waals surface area contributed by atoms with Crippen LogP contribution in [0.5, 0.6) is 0 Å². The van der Waals surface area contributed by atoms with Crippen LogP contribution in [0.3, 0.4) is 0 Å². The van der Waals surface area contributed by atoms with Crippen LogP contribution in [0, 0.1) is 6.92 Å². The molecule has 0 saturated heterocycles. The second-order valence-electron chi connectivity index (χ2n) is 4.18. The molecule has 0 heterocycles. The summed E-state index contributed by atoms with van der Waals surface area (Å²) < 4.78 is 0. The number of carbonyl (C=O) groups is 1. The van der Waals surface area contributed by atoms with Gasteiger partial charge in [-0.2, -0.15) is 0 Å². The van der Waals surface area contributed by atoms with Crippen LogP contribution in [0.2, 0.25) is 0 Å². The Kier molecular flexibility index (Phi) is 5.01. The minimum absolute atomic E-state index is 0.113. The van der Waals surface area contributed by atoms with E-state index >= 15 is 0 Å². The van der Waals surface area contributed by atoms with Gasteiger partial charge in [0.05, 0.1) is 5.56 Å². The number of anilines is 1. The van der Waals surface area contributed by atoms with Crippen LogP contribution in [0.1, 0.15) is 36.2 Å². The topological polar surface area (TPSA) is 32.3 Å². The summed E-state index contributed by atoms with van der Waals surface area (Å²) in [6.07, 6.45) is 0.986. The van der Waals surface area contributed by atoms with Crippen LogP contribution in [0.15, 0.2) is 18.2 Å². The number of hydrogen-bond acceptors (Lipinski definition) is 2. The highest BCUT2D eigenvalue weighted by Gasteiger charge is 2.16. The first-order chi connectivity index (χ1) is 8.13. The van der Waals surface area contributed by atoms with Crippen molar-refractivity contribution in [1.82, 2.24) is 4.90 Å². The Balaban J connectivity index is 3.04. The maximum Gasteiger partial charge on any atom is 0.255 e. The van der Waals surface area contributed by atoms with E-state index in [-0.39, 0.29) is 5.91 Å². The largest absolute Gasteiger partial charge is 0.387 e. The standard InChI is InChI=1S/C14H22N2O/c1-5-9-16(6-2)14(17)12-10-11(3)7-8-13(12)15-4/h7-8,10,15H,5-6,9H2,1-4H3. The number of hydrogen-bond donors (Lipinski definition) is 1. The van der Waals surface area contributed by atoms with Crippen LogP contribution >= 0.6 is 0 Å². The van der Waals surface area contributed by atoms with Gasteiger partial charge >= 0.3 is 0 Å². The molecular weight excluding hydrogens is 212 g/mol. The van der Waals surface area contributed by atoms with Gasteiger partial charge in [-0.15, -0.1) is 0 Å². The van der Waals surface area contributed by atoms with Gasteiger partial charge in [0.25, 0.3) is 5.91 Å². The Labute approximate surface area is 104 Å². The predicted octanol–water partition coefficient (Wildman–Crippen LogP) is 2.91. The zero-order valence-electron chi connectivity index (χ0n) is 11.2. The predicted molar refractivity (Wildman–Crippen MR) is 72.6 cm³/mol. The van der Waals surface area contributed by atoms with Gasteiger partial charge in [0.2, 0.25) is 0 Å². The molecule has 1 N–H and O–H groups in total. The quantitative estimate of drug-likeness (QED) is 0.849. The Bertz CT molecular complexity index is 388. The van der Waals surface area contributed by atoms with E-state index in [1.807, 2.05) is 44.0 Å². The van der Waals surface area contributed by atoms with Gasteiger partial charge in [-0.05, 0) is 32.4 Å². The molecule has 1 amide bonds. The van der Waals surface area contributed by atoms with Gasteiger partial charge in [0.15, 0.2) is 0 Å². The fourth-order valence-corrected chi connectivity index (χ4v) is 1.90. The zero-order valence-corrected chi connectivity index (χ0v) is 11.2. The molecule has 0 fully saturated rings. The molecule has 17 heavy (non-hydrogen) atoms. The lowest BCUT2D eigenvalue weighted by Gasteiger charge is -2.21. The van der Waals surface area contributed by atoms with Crippen LogP contribution in [-0.2, 0) is 0 Å². The van der Waals surface area contributed by atoms with E-state index in [4.69, 9.17) is 0 Å². The summed E-state index contributed by atoms with van der Waals surface area (Å²) in [4.78, 5) is 14.3. The first kappa shape index (κ1) is 13.6. The second kappa shape index (κ2) is 6.28. The van der Waals surface area contributed by atoms with Gasteiger partial charge < -0.3 is 10.2 Å². The van der Waals surface area contributed by atoms with E-state index in [1.165, 1.54) is 0 Å². The molecule has 3 heteroatoms. The van der Waals surface area contributed by atoms with E-state index in [9.17, 15) is 4.79 Å². The summed E-state index contributed by atoms with van der Waals surface area (Å²) in [6.45, 7) is 7.68. The maximum absolute atomic E-state index is 12.4. The highest BCUT2D eigenvalue weighted by Crippen LogP contribution is 2.19. The van der Waals surface area contributed by atoms with E-state index < -0.39 is 0 Å². The van der Waals surface area contributed by atoms with Crippen molar-refractivity contribution < 1.29 is 4.79 Å². The average Bonchev–Trinajstić information content (AvgIpc) is 2.35. The minimum Gasteiger partial charge on any atom is -0.387 e. The van der Waals surface area contributed by atoms with Crippen molar-refractivity contribution in [2.75, 3.05) is 25.5 Å². The smallest absolute Gasteiger partial charge is 0.255 e. The van der Waals surface area contributed by atoms with E-state index in [1.54, 1.807) is 0 Å². The van der Waals surface area contributed by atoms with E-state index in [0.717, 1.165) is 36.3 Å². The number of carbonyl (C=O) groups excluding carboxylic acids is 1. The summed E-state index contributed by atoms with van der Waals surface area (Å²) in [5.74, 6) is 0.113. The molecule has 1 aromatic carbocycles. The van der Waals surface area contributed by atoms with Crippen molar-refractivity contribution in [2.24, 2.45) is 0 Å². The van der Waals surface area contributed by atoms with Gasteiger partial charge in [0.1, 0.15) is 0 Å². The van der Waals surface area contributed by atoms with E-state index in [2.05, 4.69) is 12.2 Å². The molecule has 1 rings (SSSR count). The normalized spacial score (nSPS) is 10.1. The number of aryl methyl sites for hydroxylation is 1. The van der Waals surface area contributed by atoms with Crippen molar-refractivity contribution in [2.45, 2.75) is 27.2 Å². The third-order valence-electron chi connectivity index (χ3n) is 2.84. The summed E-state index contributed by atoms with van der Waals surface area (Å²) in [6, 6.07) is 5.92. The molecule has 0 spiro atoms. The van der Waals surface area contributed by atoms with Crippen molar-refractivity contribution in [3.8, 4) is 0 Å². The molecule has 1 aromatic rings. The van der Waals surface area contributed by atoms with Crippen molar-refractivity contribution >= 4 is 11.6 Å². The molecule has 3 nitrogen and oxygen atoms in total. The van der Waals surface area contributed by atoms with Crippen molar-refractivity contribution in [1.29, 1.82) is 0 Å². The Morgan fingerprint density at radius 1 is 1.35 bits per heavy atom. The molecule has 0 aliphatic rings. The van der Waals surface area contributed by atoms with Gasteiger partial charge in [-0.25, -0.2) is 0 Å². The SMILES string of the molecule is CCCN(CC)C(=O)c1cc(C)ccc1NC. The summed E-state index contributed by atoms with van der Waals surface area (Å²) in [7, 11) is 1.84. The van der Waals surface area contributed by atoms with Crippen LogP contribution < -0.4 is 5.32 Å². The molecular formula is C14H22N2O. The first-order valence-corrected chi connectivity index (χ1v) is 6.21. The average molecular weight is 234 g/mol. The maximum atomic E-state index is 12.4. The number of rotatable bonds is 5. The number of nitrogens with zero attached hydrogens (tertiary/aromatic N) is 1. The fourth-order valence-electron chi connectivity index (χ4n) is 1.90. The molecule has 0 aromatic heterocycles. The zero-order chi connectivity index (χ0) is 12.8. The molecule has 0 unspecified atom stereocenters. The monoisotopic (exact) mass is 234 g/mol. The third-order valence-corrected chi connectivity index (χ3v) is 2.84. The number of nitrogens with one attached hydrogen (secondary N) is 1. The van der Waals surface area contributed by atoms with Crippen molar-refractivity contribution in [3.63, 3.8) is 0 Å². The van der Waals surface area contributed by atoms with Gasteiger partial charge in [-0.3, -0.25) is 4.79 Å². The van der Waals surface area contributed by atoms with Crippen LogP contribution in [0.4, 0.5) is 5.69 Å². The second-order valence-corrected chi connectivity index (χ2v) is 4.18. The number of benzene rings is 1. The molecule has 0 atom stereocenters. The molecule has 0 bridgehead atoms. The molecule has 0 radical (unpaired) electrons. The third kappa shape index (κ3) is 3.22. The fraction of sp³-hybridized carbons (Fsp3) is 0.500. The Morgan fingerprint density at radius 3 is 2.59 bits per heavy atom. The molecule has 0 aliphatic heterocycles. The highest BCUT2D eigenvalue weighted by atomic mass is 16.2. The lowest BCUT2D eigenvalue weighted by Crippen LogP contribution is -2.32. The van der Waals surface area contributed by atoms with Crippen LogP contribution in [0.25, 0.3) is 0 Å². The minimum atomic E-state index is 0.113. The van der Waals surface area contributed by atoms with Crippen molar-refractivity contribution in [3.05, 3.63) is 29.3 Å². The summed E-state index contributed by atoms with van der Waals surface area (Å²) in [5, 5.41) is 3.08. The van der Waals surface area contributed by atoms with Gasteiger partial charge in [-0.1, -0.05) is 18.6 Å².